The van der Waals surface area contributed by atoms with Crippen molar-refractivity contribution in [1.29, 1.82) is 0 Å². The van der Waals surface area contributed by atoms with E-state index in [1.54, 1.807) is 18.2 Å². The van der Waals surface area contributed by atoms with Crippen LogP contribution >= 0.6 is 11.6 Å². The van der Waals surface area contributed by atoms with Gasteiger partial charge in [0, 0.05) is 10.7 Å². The van der Waals surface area contributed by atoms with Gasteiger partial charge in [-0.1, -0.05) is 17.7 Å². The topological polar surface area (TPSA) is 33.5 Å². The second-order valence-electron chi connectivity index (χ2n) is 2.78. The molecule has 0 saturated carbocycles. The second-order valence-corrected chi connectivity index (χ2v) is 3.18. The first-order valence-electron chi connectivity index (χ1n) is 4.03. The van der Waals surface area contributed by atoms with Crippen molar-refractivity contribution in [3.8, 4) is 0 Å². The lowest BCUT2D eigenvalue weighted by molar-refractivity contribution is -0.114. The average Bonchev–Trinajstić information content (AvgIpc) is 2.13. The van der Waals surface area contributed by atoms with Crippen LogP contribution in [0.5, 0.6) is 0 Å². The van der Waals surface area contributed by atoms with Gasteiger partial charge in [0.2, 0.25) is 0 Å². The molecule has 4 heteroatoms. The molecule has 0 saturated heterocycles. The molecule has 72 valence electrons. The fourth-order valence-corrected chi connectivity index (χ4v) is 1.18. The van der Waals surface area contributed by atoms with Crippen LogP contribution in [0.1, 0.15) is 5.56 Å². The van der Waals surface area contributed by atoms with Gasteiger partial charge in [-0.3, -0.25) is 4.79 Å². The molecule has 1 amide bonds. The number of amides is 1. The van der Waals surface area contributed by atoms with Crippen molar-refractivity contribution in [2.45, 2.75) is 6.92 Å². The molecular weight excluding hydrogens is 200 g/mol. The summed E-state index contributed by atoms with van der Waals surface area (Å²) in [7, 11) is 0. The standard InChI is InChI=1S/C10H9ClN2O/c1-7-8(11)4-3-5-9(7)13-10(14)6-12-2/h3-5H,6H2,1H3,(H,13,14). The van der Waals surface area contributed by atoms with Gasteiger partial charge in [0.15, 0.2) is 0 Å². The predicted molar refractivity (Wildman–Crippen MR) is 56.3 cm³/mol. The molecule has 14 heavy (non-hydrogen) atoms. The Hall–Kier alpha value is -1.53. The maximum absolute atomic E-state index is 11.1. The largest absolute Gasteiger partial charge is 0.319 e. The van der Waals surface area contributed by atoms with Gasteiger partial charge < -0.3 is 10.2 Å². The number of halogens is 1. The Morgan fingerprint density at radius 3 is 3.00 bits per heavy atom. The van der Waals surface area contributed by atoms with Gasteiger partial charge in [0.1, 0.15) is 0 Å². The van der Waals surface area contributed by atoms with Crippen molar-refractivity contribution in [3.05, 3.63) is 40.2 Å². The molecule has 0 aromatic heterocycles. The van der Waals surface area contributed by atoms with E-state index in [1.165, 1.54) is 0 Å². The number of hydrogen-bond acceptors (Lipinski definition) is 1. The molecule has 1 N–H and O–H groups in total. The molecule has 0 spiro atoms. The SMILES string of the molecule is [C-]#[N+]CC(=O)Nc1cccc(Cl)c1C. The van der Waals surface area contributed by atoms with Crippen molar-refractivity contribution in [3.63, 3.8) is 0 Å². The van der Waals surface area contributed by atoms with E-state index in [0.717, 1.165) is 5.56 Å². The van der Waals surface area contributed by atoms with Crippen LogP contribution in [0, 0.1) is 13.5 Å². The Labute approximate surface area is 87.5 Å². The van der Waals surface area contributed by atoms with E-state index in [4.69, 9.17) is 18.2 Å². The number of anilines is 1. The van der Waals surface area contributed by atoms with E-state index < -0.39 is 0 Å². The fraction of sp³-hybridized carbons (Fsp3) is 0.200. The highest BCUT2D eigenvalue weighted by atomic mass is 35.5. The first kappa shape index (κ1) is 10.6. The summed E-state index contributed by atoms with van der Waals surface area (Å²) in [4.78, 5) is 14.1. The van der Waals surface area contributed by atoms with Crippen LogP contribution in [0.4, 0.5) is 5.69 Å². The van der Waals surface area contributed by atoms with Crippen molar-refractivity contribution >= 4 is 23.2 Å². The third-order valence-corrected chi connectivity index (χ3v) is 2.17. The summed E-state index contributed by atoms with van der Waals surface area (Å²) in [5, 5.41) is 3.22. The summed E-state index contributed by atoms with van der Waals surface area (Å²) in [6.45, 7) is 8.19. The van der Waals surface area contributed by atoms with Crippen molar-refractivity contribution in [2.75, 3.05) is 11.9 Å². The van der Waals surface area contributed by atoms with Crippen LogP contribution < -0.4 is 5.32 Å². The van der Waals surface area contributed by atoms with Gasteiger partial charge in [0.25, 0.3) is 6.54 Å². The lowest BCUT2D eigenvalue weighted by atomic mass is 10.2. The van der Waals surface area contributed by atoms with Crippen LogP contribution in [0.25, 0.3) is 4.85 Å². The molecule has 3 nitrogen and oxygen atoms in total. The number of benzene rings is 1. The summed E-state index contributed by atoms with van der Waals surface area (Å²) in [5.41, 5.74) is 1.47. The monoisotopic (exact) mass is 208 g/mol. The zero-order valence-corrected chi connectivity index (χ0v) is 8.43. The van der Waals surface area contributed by atoms with Crippen molar-refractivity contribution in [2.24, 2.45) is 0 Å². The van der Waals surface area contributed by atoms with Crippen LogP contribution in [-0.4, -0.2) is 12.5 Å². The zero-order chi connectivity index (χ0) is 10.6. The van der Waals surface area contributed by atoms with Gasteiger partial charge in [-0.25, -0.2) is 6.57 Å². The Morgan fingerprint density at radius 1 is 1.64 bits per heavy atom. The molecule has 0 bridgehead atoms. The highest BCUT2D eigenvalue weighted by molar-refractivity contribution is 6.31. The molecule has 0 fully saturated rings. The Morgan fingerprint density at radius 2 is 2.36 bits per heavy atom. The van der Waals surface area contributed by atoms with E-state index in [1.807, 2.05) is 6.92 Å². The van der Waals surface area contributed by atoms with Crippen LogP contribution in [0.15, 0.2) is 18.2 Å². The molecule has 1 aromatic carbocycles. The molecule has 0 radical (unpaired) electrons. The highest BCUT2D eigenvalue weighted by Gasteiger charge is 2.07. The third kappa shape index (κ3) is 2.48. The fourth-order valence-electron chi connectivity index (χ4n) is 1.00. The minimum Gasteiger partial charge on any atom is -0.319 e. The molecule has 1 rings (SSSR count). The first-order chi connectivity index (χ1) is 6.65. The lowest BCUT2D eigenvalue weighted by Gasteiger charge is -2.06. The van der Waals surface area contributed by atoms with Crippen LogP contribution in [0.2, 0.25) is 5.02 Å². The summed E-state index contributed by atoms with van der Waals surface area (Å²) in [5.74, 6) is -0.314. The predicted octanol–water partition coefficient (Wildman–Crippen LogP) is 2.51. The first-order valence-corrected chi connectivity index (χ1v) is 4.41. The maximum atomic E-state index is 11.1. The molecular formula is C10H9ClN2O. The third-order valence-electron chi connectivity index (χ3n) is 1.76. The van der Waals surface area contributed by atoms with Crippen LogP contribution in [-0.2, 0) is 4.79 Å². The summed E-state index contributed by atoms with van der Waals surface area (Å²) < 4.78 is 0. The zero-order valence-electron chi connectivity index (χ0n) is 7.67. The minimum atomic E-state index is -0.314. The van der Waals surface area contributed by atoms with E-state index in [0.29, 0.717) is 10.7 Å². The lowest BCUT2D eigenvalue weighted by Crippen LogP contribution is -2.14. The number of carbonyl (C=O) groups is 1. The number of nitrogens with one attached hydrogen (secondary N) is 1. The molecule has 0 aliphatic rings. The second kappa shape index (κ2) is 4.64. The summed E-state index contributed by atoms with van der Waals surface area (Å²) in [6, 6.07) is 5.26. The summed E-state index contributed by atoms with van der Waals surface area (Å²) in [6.07, 6.45) is 0. The van der Waals surface area contributed by atoms with Gasteiger partial charge in [-0.05, 0) is 24.6 Å². The molecule has 0 heterocycles. The Balaban J connectivity index is 2.83. The molecule has 1 aromatic rings. The van der Waals surface area contributed by atoms with E-state index >= 15 is 0 Å². The van der Waals surface area contributed by atoms with E-state index in [2.05, 4.69) is 10.2 Å². The number of nitrogens with zero attached hydrogens (tertiary/aromatic N) is 1. The van der Waals surface area contributed by atoms with E-state index in [-0.39, 0.29) is 12.5 Å². The number of carbonyl (C=O) groups excluding carboxylic acids is 1. The van der Waals surface area contributed by atoms with Crippen molar-refractivity contribution in [1.82, 2.24) is 0 Å². The maximum Gasteiger partial charge on any atom is 0.304 e. The van der Waals surface area contributed by atoms with Crippen molar-refractivity contribution < 1.29 is 4.79 Å². The number of rotatable bonds is 2. The molecule has 0 atom stereocenters. The smallest absolute Gasteiger partial charge is 0.304 e. The van der Waals surface area contributed by atoms with Gasteiger partial charge >= 0.3 is 5.91 Å². The average molecular weight is 209 g/mol. The van der Waals surface area contributed by atoms with Crippen LogP contribution in [0.3, 0.4) is 0 Å². The molecule has 0 aliphatic heterocycles. The normalized spacial score (nSPS) is 9.21. The summed E-state index contributed by atoms with van der Waals surface area (Å²) >= 11 is 5.86. The number of hydrogen-bond donors (Lipinski definition) is 1. The van der Waals surface area contributed by atoms with E-state index in [9.17, 15) is 4.79 Å². The minimum absolute atomic E-state index is 0.161. The van der Waals surface area contributed by atoms with Gasteiger partial charge in [-0.2, -0.15) is 0 Å². The highest BCUT2D eigenvalue weighted by Crippen LogP contribution is 2.22. The molecule has 0 aliphatic carbocycles. The Bertz CT molecular complexity index is 396. The van der Waals surface area contributed by atoms with Gasteiger partial charge in [0.05, 0.1) is 0 Å². The Kier molecular flexibility index (Phi) is 3.49. The molecule has 0 unspecified atom stereocenters. The quantitative estimate of drug-likeness (QED) is 0.745. The van der Waals surface area contributed by atoms with Gasteiger partial charge in [-0.15, -0.1) is 0 Å².